The van der Waals surface area contributed by atoms with Gasteiger partial charge in [-0.05, 0) is 61.5 Å². The third kappa shape index (κ3) is 3.52. The van der Waals surface area contributed by atoms with E-state index in [9.17, 15) is 9.59 Å². The maximum absolute atomic E-state index is 13.2. The van der Waals surface area contributed by atoms with Crippen molar-refractivity contribution in [2.75, 3.05) is 5.32 Å². The number of hydrogen-bond acceptors (Lipinski definition) is 3. The number of benzene rings is 1. The monoisotopic (exact) mass is 410 g/mol. The Labute approximate surface area is 175 Å². The predicted octanol–water partition coefficient (Wildman–Crippen LogP) is 3.79. The summed E-state index contributed by atoms with van der Waals surface area (Å²) < 4.78 is 0. The Hall–Kier alpha value is -2.41. The second-order valence-corrected chi connectivity index (χ2v) is 8.83. The number of amides is 2. The van der Waals surface area contributed by atoms with Crippen molar-refractivity contribution in [3.8, 4) is 0 Å². The topological polar surface area (TPSA) is 68.4 Å². The van der Waals surface area contributed by atoms with Crippen LogP contribution < -0.4 is 5.32 Å². The number of rotatable bonds is 5. The lowest BCUT2D eigenvalue weighted by molar-refractivity contribution is -0.131. The second kappa shape index (κ2) is 7.44. The summed E-state index contributed by atoms with van der Waals surface area (Å²) in [5.74, 6) is -0.131. The molecular weight excluding hydrogens is 384 g/mol. The number of thiocarbonyl (C=S) groups is 1. The highest BCUT2D eigenvalue weighted by Crippen LogP contribution is 2.37. The maximum atomic E-state index is 13.2. The molecule has 0 bridgehead atoms. The third-order valence-corrected chi connectivity index (χ3v) is 6.79. The summed E-state index contributed by atoms with van der Waals surface area (Å²) in [6.45, 7) is 0. The van der Waals surface area contributed by atoms with Crippen LogP contribution in [0.3, 0.4) is 0 Å². The fourth-order valence-corrected chi connectivity index (χ4v) is 5.28. The number of carbonyl (C=O) groups excluding carboxylic acids is 2. The highest BCUT2D eigenvalue weighted by Gasteiger charge is 2.50. The second-order valence-electron chi connectivity index (χ2n) is 8.47. The first kappa shape index (κ1) is 18.6. The van der Waals surface area contributed by atoms with Crippen LogP contribution in [0.15, 0.2) is 30.5 Å². The third-order valence-electron chi connectivity index (χ3n) is 6.38. The molecule has 29 heavy (non-hydrogen) atoms. The van der Waals surface area contributed by atoms with Crippen LogP contribution in [0.2, 0.25) is 0 Å². The van der Waals surface area contributed by atoms with Crippen molar-refractivity contribution in [2.24, 2.45) is 0 Å². The smallest absolute Gasteiger partial charge is 0.252 e. The van der Waals surface area contributed by atoms with E-state index in [1.807, 2.05) is 30.5 Å². The Morgan fingerprint density at radius 3 is 2.66 bits per heavy atom. The summed E-state index contributed by atoms with van der Waals surface area (Å²) in [5.41, 5.74) is 1.71. The summed E-state index contributed by atoms with van der Waals surface area (Å²) in [6, 6.07) is 7.82. The van der Waals surface area contributed by atoms with Crippen LogP contribution in [0.5, 0.6) is 0 Å². The van der Waals surface area contributed by atoms with Gasteiger partial charge in [0.2, 0.25) is 5.91 Å². The van der Waals surface area contributed by atoms with E-state index in [2.05, 4.69) is 15.2 Å². The first-order valence-corrected chi connectivity index (χ1v) is 11.0. The number of nitrogens with zero attached hydrogens (tertiary/aromatic N) is 2. The van der Waals surface area contributed by atoms with Gasteiger partial charge in [-0.1, -0.05) is 25.3 Å². The number of nitrogens with one attached hydrogen (secondary N) is 2. The molecule has 2 amide bonds. The van der Waals surface area contributed by atoms with Gasteiger partial charge in [-0.15, -0.1) is 0 Å². The van der Waals surface area contributed by atoms with Crippen molar-refractivity contribution in [1.82, 2.24) is 14.8 Å². The quantitative estimate of drug-likeness (QED) is 0.736. The van der Waals surface area contributed by atoms with Gasteiger partial charge in [-0.2, -0.15) is 0 Å². The molecule has 1 aromatic carbocycles. The lowest BCUT2D eigenvalue weighted by Crippen LogP contribution is -2.45. The summed E-state index contributed by atoms with van der Waals surface area (Å²) in [6.07, 6.45) is 9.71. The molecule has 3 fully saturated rings. The molecule has 2 aliphatic carbocycles. The molecule has 1 unspecified atom stereocenters. The molecule has 0 radical (unpaired) electrons. The van der Waals surface area contributed by atoms with Crippen molar-refractivity contribution < 1.29 is 9.59 Å². The van der Waals surface area contributed by atoms with Gasteiger partial charge in [0.05, 0.1) is 6.42 Å². The van der Waals surface area contributed by atoms with Gasteiger partial charge >= 0.3 is 0 Å². The highest BCUT2D eigenvalue weighted by atomic mass is 32.1. The molecule has 7 heteroatoms. The minimum absolute atomic E-state index is 0.0121. The molecule has 1 aromatic heterocycles. The molecule has 5 rings (SSSR count). The van der Waals surface area contributed by atoms with E-state index < -0.39 is 6.04 Å². The van der Waals surface area contributed by atoms with Gasteiger partial charge in [-0.3, -0.25) is 14.5 Å². The molecule has 1 saturated heterocycles. The SMILES string of the molecule is O=C(CC1C(=O)N(C2CC2)C(=S)N1C1CCCCC1)Nc1ccc2cc[nH]c2c1. The molecule has 6 nitrogen and oxygen atoms in total. The standard InChI is InChI=1S/C22H26N4O2S/c27-20(24-15-7-6-14-10-11-23-18(14)12-15)13-19-21(28)26(17-8-9-17)22(29)25(19)16-4-2-1-3-5-16/h6-7,10-12,16-17,19,23H,1-5,8-9,13H2,(H,24,27). The minimum Gasteiger partial charge on any atom is -0.361 e. The van der Waals surface area contributed by atoms with Crippen molar-refractivity contribution in [3.05, 3.63) is 30.5 Å². The Morgan fingerprint density at radius 2 is 1.90 bits per heavy atom. The average molecular weight is 411 g/mol. The molecule has 1 aliphatic heterocycles. The van der Waals surface area contributed by atoms with E-state index in [4.69, 9.17) is 12.2 Å². The molecule has 152 valence electrons. The number of H-pyrrole nitrogens is 1. The van der Waals surface area contributed by atoms with Crippen molar-refractivity contribution >= 4 is 45.7 Å². The highest BCUT2D eigenvalue weighted by molar-refractivity contribution is 7.80. The van der Waals surface area contributed by atoms with Gasteiger partial charge in [0.1, 0.15) is 6.04 Å². The lowest BCUT2D eigenvalue weighted by atomic mass is 9.93. The zero-order valence-electron chi connectivity index (χ0n) is 16.4. The van der Waals surface area contributed by atoms with E-state index in [0.29, 0.717) is 5.11 Å². The average Bonchev–Trinajstić information content (AvgIpc) is 3.38. The van der Waals surface area contributed by atoms with Crippen LogP contribution in [0.25, 0.3) is 10.9 Å². The largest absolute Gasteiger partial charge is 0.361 e. The van der Waals surface area contributed by atoms with Gasteiger partial charge in [0.15, 0.2) is 5.11 Å². The molecule has 2 aromatic rings. The maximum Gasteiger partial charge on any atom is 0.252 e. The van der Waals surface area contributed by atoms with E-state index in [0.717, 1.165) is 55.1 Å². The fraction of sp³-hybridized carbons (Fsp3) is 0.500. The molecule has 2 saturated carbocycles. The van der Waals surface area contributed by atoms with Crippen LogP contribution in [0.1, 0.15) is 51.4 Å². The van der Waals surface area contributed by atoms with E-state index in [-0.39, 0.29) is 30.3 Å². The van der Waals surface area contributed by atoms with Crippen molar-refractivity contribution in [2.45, 2.75) is 69.5 Å². The van der Waals surface area contributed by atoms with Gasteiger partial charge in [-0.25, -0.2) is 0 Å². The fourth-order valence-electron chi connectivity index (χ4n) is 4.77. The summed E-state index contributed by atoms with van der Waals surface area (Å²) in [5, 5.41) is 4.72. The molecule has 1 atom stereocenters. The number of aromatic amines is 1. The van der Waals surface area contributed by atoms with E-state index in [1.165, 1.54) is 6.42 Å². The van der Waals surface area contributed by atoms with Crippen LogP contribution in [-0.2, 0) is 9.59 Å². The first-order valence-electron chi connectivity index (χ1n) is 10.6. The van der Waals surface area contributed by atoms with Crippen molar-refractivity contribution in [1.29, 1.82) is 0 Å². The number of aromatic nitrogens is 1. The Kier molecular flexibility index (Phi) is 4.78. The Morgan fingerprint density at radius 1 is 1.10 bits per heavy atom. The van der Waals surface area contributed by atoms with Crippen LogP contribution >= 0.6 is 12.2 Å². The van der Waals surface area contributed by atoms with E-state index in [1.54, 1.807) is 4.90 Å². The van der Waals surface area contributed by atoms with Crippen LogP contribution in [0.4, 0.5) is 5.69 Å². The summed E-state index contributed by atoms with van der Waals surface area (Å²) in [4.78, 5) is 33.1. The minimum atomic E-state index is -0.472. The van der Waals surface area contributed by atoms with Gasteiger partial charge < -0.3 is 15.2 Å². The van der Waals surface area contributed by atoms with Crippen LogP contribution in [0, 0.1) is 0 Å². The molecule has 3 aliphatic rings. The van der Waals surface area contributed by atoms with Gasteiger partial charge in [0.25, 0.3) is 5.91 Å². The number of fused-ring (bicyclic) bond motifs is 1. The molecule has 0 spiro atoms. The molecule has 2 heterocycles. The Bertz CT molecular complexity index is 961. The number of carbonyl (C=O) groups is 2. The summed E-state index contributed by atoms with van der Waals surface area (Å²) >= 11 is 5.73. The van der Waals surface area contributed by atoms with E-state index >= 15 is 0 Å². The van der Waals surface area contributed by atoms with Gasteiger partial charge in [0, 0.05) is 29.5 Å². The molecule has 2 N–H and O–H groups in total. The summed E-state index contributed by atoms with van der Waals surface area (Å²) in [7, 11) is 0. The molecular formula is C22H26N4O2S. The van der Waals surface area contributed by atoms with Crippen LogP contribution in [-0.4, -0.2) is 49.8 Å². The Balaban J connectivity index is 1.34. The normalized spacial score (nSPS) is 23.2. The first-order chi connectivity index (χ1) is 14.1. The zero-order valence-corrected chi connectivity index (χ0v) is 17.2. The number of hydrogen-bond donors (Lipinski definition) is 2. The zero-order chi connectivity index (χ0) is 20.0. The lowest BCUT2D eigenvalue weighted by Gasteiger charge is -2.35. The predicted molar refractivity (Wildman–Crippen MR) is 117 cm³/mol. The number of anilines is 1. The van der Waals surface area contributed by atoms with Crippen molar-refractivity contribution in [3.63, 3.8) is 0 Å².